The predicted molar refractivity (Wildman–Crippen MR) is 97.4 cm³/mol. The van der Waals surface area contributed by atoms with Crippen LogP contribution in [-0.2, 0) is 5.41 Å². The first-order valence-corrected chi connectivity index (χ1v) is 8.25. The summed E-state index contributed by atoms with van der Waals surface area (Å²) < 4.78 is 5.86. The number of hydrogen-bond acceptors (Lipinski definition) is 3. The van der Waals surface area contributed by atoms with E-state index >= 15 is 0 Å². The molecule has 0 amide bonds. The molecule has 1 aliphatic rings. The maximum absolute atomic E-state index is 6.45. The smallest absolute Gasteiger partial charge is 0.121 e. The Bertz CT molecular complexity index is 725. The van der Waals surface area contributed by atoms with Gasteiger partial charge in [-0.1, -0.05) is 37.6 Å². The fourth-order valence-electron chi connectivity index (χ4n) is 3.15. The largest absolute Gasteiger partial charge is 0.492 e. The van der Waals surface area contributed by atoms with Crippen LogP contribution in [0.2, 0.25) is 5.02 Å². The predicted octanol–water partition coefficient (Wildman–Crippen LogP) is 4.66. The standard InChI is InChI=1S/C19H23ClN2O/c1-19(2)14-9-8-13(23-11-10-22(3)4)12-17(14)21-16-7-5-6-15(20)18(16)19/h5-9,12,21H,10-11H2,1-4H3. The van der Waals surface area contributed by atoms with Crippen LogP contribution in [0.15, 0.2) is 36.4 Å². The van der Waals surface area contributed by atoms with Crippen molar-refractivity contribution < 1.29 is 4.74 Å². The van der Waals surface area contributed by atoms with Crippen molar-refractivity contribution in [3.05, 3.63) is 52.5 Å². The van der Waals surface area contributed by atoms with Crippen molar-refractivity contribution in [2.45, 2.75) is 19.3 Å². The van der Waals surface area contributed by atoms with Gasteiger partial charge in [-0.2, -0.15) is 0 Å². The zero-order valence-electron chi connectivity index (χ0n) is 14.1. The third kappa shape index (κ3) is 3.04. The van der Waals surface area contributed by atoms with Crippen molar-refractivity contribution in [3.63, 3.8) is 0 Å². The lowest BCUT2D eigenvalue weighted by Gasteiger charge is -2.36. The van der Waals surface area contributed by atoms with Gasteiger partial charge in [0.05, 0.1) is 0 Å². The van der Waals surface area contributed by atoms with E-state index in [1.165, 1.54) is 5.56 Å². The molecule has 0 saturated heterocycles. The lowest BCUT2D eigenvalue weighted by atomic mass is 9.74. The van der Waals surface area contributed by atoms with Gasteiger partial charge in [-0.3, -0.25) is 0 Å². The van der Waals surface area contributed by atoms with Crippen LogP contribution < -0.4 is 10.1 Å². The molecule has 3 rings (SSSR count). The summed E-state index contributed by atoms with van der Waals surface area (Å²) in [6.07, 6.45) is 0. The number of halogens is 1. The Morgan fingerprint density at radius 2 is 1.91 bits per heavy atom. The summed E-state index contributed by atoms with van der Waals surface area (Å²) >= 11 is 6.45. The molecular weight excluding hydrogens is 308 g/mol. The third-order valence-electron chi connectivity index (χ3n) is 4.38. The highest BCUT2D eigenvalue weighted by molar-refractivity contribution is 6.32. The Hall–Kier alpha value is -1.71. The Kier molecular flexibility index (Phi) is 4.26. The highest BCUT2D eigenvalue weighted by atomic mass is 35.5. The summed E-state index contributed by atoms with van der Waals surface area (Å²) in [6, 6.07) is 12.3. The van der Waals surface area contributed by atoms with E-state index in [0.717, 1.165) is 34.3 Å². The zero-order valence-corrected chi connectivity index (χ0v) is 14.9. The second-order valence-corrected chi connectivity index (χ2v) is 7.18. The first-order valence-electron chi connectivity index (χ1n) is 7.87. The second kappa shape index (κ2) is 6.06. The Morgan fingerprint density at radius 1 is 1.13 bits per heavy atom. The molecular formula is C19H23ClN2O. The summed E-state index contributed by atoms with van der Waals surface area (Å²) in [6.45, 7) is 6.00. The van der Waals surface area contributed by atoms with Gasteiger partial charge in [0.1, 0.15) is 12.4 Å². The molecule has 0 fully saturated rings. The summed E-state index contributed by atoms with van der Waals surface area (Å²) in [4.78, 5) is 2.11. The van der Waals surface area contributed by atoms with Crippen LogP contribution in [-0.4, -0.2) is 32.1 Å². The van der Waals surface area contributed by atoms with Crippen molar-refractivity contribution in [1.29, 1.82) is 0 Å². The van der Waals surface area contributed by atoms with Gasteiger partial charge in [-0.05, 0) is 37.9 Å². The van der Waals surface area contributed by atoms with E-state index in [-0.39, 0.29) is 5.41 Å². The Balaban J connectivity index is 1.92. The van der Waals surface area contributed by atoms with Crippen LogP contribution in [0.1, 0.15) is 25.0 Å². The van der Waals surface area contributed by atoms with Crippen LogP contribution >= 0.6 is 11.6 Å². The average Bonchev–Trinajstić information content (AvgIpc) is 2.46. The molecule has 0 aliphatic carbocycles. The average molecular weight is 331 g/mol. The molecule has 1 aliphatic heterocycles. The minimum absolute atomic E-state index is 0.142. The van der Waals surface area contributed by atoms with Crippen molar-refractivity contribution in [1.82, 2.24) is 4.90 Å². The van der Waals surface area contributed by atoms with E-state index in [4.69, 9.17) is 16.3 Å². The maximum Gasteiger partial charge on any atom is 0.121 e. The Morgan fingerprint density at radius 3 is 2.65 bits per heavy atom. The third-order valence-corrected chi connectivity index (χ3v) is 4.69. The summed E-state index contributed by atoms with van der Waals surface area (Å²) in [5.41, 5.74) is 4.40. The molecule has 3 nitrogen and oxygen atoms in total. The van der Waals surface area contributed by atoms with Gasteiger partial charge in [-0.25, -0.2) is 0 Å². The molecule has 0 saturated carbocycles. The van der Waals surface area contributed by atoms with Crippen molar-refractivity contribution in [2.24, 2.45) is 0 Å². The molecule has 0 unspecified atom stereocenters. The molecule has 23 heavy (non-hydrogen) atoms. The van der Waals surface area contributed by atoms with Crippen LogP contribution in [0.25, 0.3) is 0 Å². The van der Waals surface area contributed by atoms with Gasteiger partial charge in [0.15, 0.2) is 0 Å². The molecule has 0 radical (unpaired) electrons. The number of benzene rings is 2. The summed E-state index contributed by atoms with van der Waals surface area (Å²) in [7, 11) is 4.09. The van der Waals surface area contributed by atoms with Gasteiger partial charge in [-0.15, -0.1) is 0 Å². The summed E-state index contributed by atoms with van der Waals surface area (Å²) in [5.74, 6) is 0.888. The maximum atomic E-state index is 6.45. The summed E-state index contributed by atoms with van der Waals surface area (Å²) in [5, 5.41) is 4.30. The molecule has 2 aromatic rings. The topological polar surface area (TPSA) is 24.5 Å². The molecule has 0 atom stereocenters. The molecule has 1 heterocycles. The number of rotatable bonds is 4. The van der Waals surface area contributed by atoms with E-state index in [9.17, 15) is 0 Å². The second-order valence-electron chi connectivity index (χ2n) is 6.77. The highest BCUT2D eigenvalue weighted by Gasteiger charge is 2.34. The number of likely N-dealkylation sites (N-methyl/N-ethyl adjacent to an activating group) is 1. The molecule has 1 N–H and O–H groups in total. The molecule has 4 heteroatoms. The number of nitrogens with zero attached hydrogens (tertiary/aromatic N) is 1. The van der Waals surface area contributed by atoms with Crippen molar-refractivity contribution in [3.8, 4) is 5.75 Å². The van der Waals surface area contributed by atoms with E-state index in [1.54, 1.807) is 0 Å². The van der Waals surface area contributed by atoms with Gasteiger partial charge >= 0.3 is 0 Å². The highest BCUT2D eigenvalue weighted by Crippen LogP contribution is 2.48. The minimum Gasteiger partial charge on any atom is -0.492 e. The SMILES string of the molecule is CN(C)CCOc1ccc2c(c1)Nc1cccc(Cl)c1C2(C)C. The van der Waals surface area contributed by atoms with Gasteiger partial charge in [0.2, 0.25) is 0 Å². The van der Waals surface area contributed by atoms with E-state index in [1.807, 2.05) is 32.3 Å². The van der Waals surface area contributed by atoms with Crippen molar-refractivity contribution >= 4 is 23.0 Å². The van der Waals surface area contributed by atoms with Crippen LogP contribution in [0.3, 0.4) is 0 Å². The van der Waals surface area contributed by atoms with Gasteiger partial charge in [0.25, 0.3) is 0 Å². The number of anilines is 2. The first kappa shape index (κ1) is 16.2. The molecule has 0 aromatic heterocycles. The normalized spacial score (nSPS) is 14.9. The first-order chi connectivity index (χ1) is 10.9. The Labute approximate surface area is 143 Å². The number of nitrogens with one attached hydrogen (secondary N) is 1. The van der Waals surface area contributed by atoms with Gasteiger partial charge < -0.3 is 15.0 Å². The van der Waals surface area contributed by atoms with E-state index in [2.05, 4.69) is 42.3 Å². The molecule has 0 spiro atoms. The van der Waals surface area contributed by atoms with Crippen molar-refractivity contribution in [2.75, 3.05) is 32.6 Å². The molecule has 0 bridgehead atoms. The number of fused-ring (bicyclic) bond motifs is 2. The quantitative estimate of drug-likeness (QED) is 0.882. The van der Waals surface area contributed by atoms with Crippen LogP contribution in [0.5, 0.6) is 5.75 Å². The van der Waals surface area contributed by atoms with Gasteiger partial charge in [0, 0.05) is 40.0 Å². The monoisotopic (exact) mass is 330 g/mol. The van der Waals surface area contributed by atoms with E-state index < -0.39 is 0 Å². The minimum atomic E-state index is -0.142. The molecule has 122 valence electrons. The fraction of sp³-hybridized carbons (Fsp3) is 0.368. The number of ether oxygens (including phenoxy) is 1. The zero-order chi connectivity index (χ0) is 16.6. The molecule has 2 aromatic carbocycles. The van der Waals surface area contributed by atoms with Crippen LogP contribution in [0, 0.1) is 0 Å². The lowest BCUT2D eigenvalue weighted by Crippen LogP contribution is -2.26. The lowest BCUT2D eigenvalue weighted by molar-refractivity contribution is 0.261. The van der Waals surface area contributed by atoms with E-state index in [0.29, 0.717) is 6.61 Å². The number of hydrogen-bond donors (Lipinski definition) is 1. The van der Waals surface area contributed by atoms with Crippen LogP contribution in [0.4, 0.5) is 11.4 Å². The fourth-order valence-corrected chi connectivity index (χ4v) is 3.56.